The van der Waals surface area contributed by atoms with Gasteiger partial charge in [-0.15, -0.1) is 11.8 Å². The van der Waals surface area contributed by atoms with Crippen molar-refractivity contribution in [3.8, 4) is 5.75 Å². The van der Waals surface area contributed by atoms with Crippen LogP contribution in [0.15, 0.2) is 103 Å². The summed E-state index contributed by atoms with van der Waals surface area (Å²) in [5.74, 6) is -2.29. The molecule has 1 aromatic heterocycles. The first kappa shape index (κ1) is 32.7. The number of halogens is 2. The van der Waals surface area contributed by atoms with Gasteiger partial charge >= 0.3 is 5.97 Å². The van der Waals surface area contributed by atoms with E-state index in [1.54, 1.807) is 35.4 Å². The second-order valence-electron chi connectivity index (χ2n) is 11.3. The van der Waals surface area contributed by atoms with Gasteiger partial charge in [0, 0.05) is 35.0 Å². The number of β-lactam (4-membered cyclic amide) rings is 1. The molecular weight excluding hydrogens is 640 g/mol. The molecule has 2 heterocycles. The predicted octanol–water partition coefficient (Wildman–Crippen LogP) is 5.56. The van der Waals surface area contributed by atoms with Crippen molar-refractivity contribution < 1.29 is 38.1 Å². The number of carboxylic acid groups (broad SMARTS) is 1. The average molecular weight is 672 g/mol. The first-order valence-electron chi connectivity index (χ1n) is 15.1. The second-order valence-corrected chi connectivity index (χ2v) is 12.5. The molecule has 1 saturated heterocycles. The monoisotopic (exact) mass is 671 g/mol. The number of carbonyl (C=O) groups is 3. The van der Waals surface area contributed by atoms with E-state index in [9.17, 15) is 33.4 Å². The number of para-hydroxylation sites is 1. The molecule has 1 aliphatic heterocycles. The zero-order valence-corrected chi connectivity index (χ0v) is 26.2. The van der Waals surface area contributed by atoms with E-state index in [-0.39, 0.29) is 18.1 Å². The highest BCUT2D eigenvalue weighted by Crippen LogP contribution is 2.46. The van der Waals surface area contributed by atoms with Gasteiger partial charge in [-0.2, -0.15) is 0 Å². The molecule has 0 radical (unpaired) electrons. The van der Waals surface area contributed by atoms with Crippen LogP contribution in [0.3, 0.4) is 0 Å². The molecule has 48 heavy (non-hydrogen) atoms. The van der Waals surface area contributed by atoms with Crippen LogP contribution >= 0.6 is 11.8 Å². The largest absolute Gasteiger partial charge is 0.484 e. The third kappa shape index (κ3) is 7.19. The molecule has 0 saturated carbocycles. The van der Waals surface area contributed by atoms with E-state index < -0.39 is 53.6 Å². The number of carbonyl (C=O) groups excluding carboxylic acids is 2. The number of hydrogen-bond acceptors (Lipinski definition) is 6. The number of aromatic nitrogens is 1. The van der Waals surface area contributed by atoms with Crippen LogP contribution in [0.5, 0.6) is 5.75 Å². The summed E-state index contributed by atoms with van der Waals surface area (Å²) in [5, 5.41) is 23.3. The number of aliphatic hydroxyl groups excluding tert-OH is 1. The van der Waals surface area contributed by atoms with Crippen molar-refractivity contribution >= 4 is 46.1 Å². The van der Waals surface area contributed by atoms with Gasteiger partial charge in [-0.3, -0.25) is 9.59 Å². The second kappa shape index (κ2) is 14.3. The number of carboxylic acids is 1. The van der Waals surface area contributed by atoms with Crippen molar-refractivity contribution in [2.75, 3.05) is 17.3 Å². The maximum absolute atomic E-state index is 13.7. The highest BCUT2D eigenvalue weighted by molar-refractivity contribution is 8.00. The number of nitrogens with zero attached hydrogens (tertiary/aromatic N) is 1. The molecule has 4 aromatic carbocycles. The molecule has 4 atom stereocenters. The number of anilines is 1. The third-order valence-electron chi connectivity index (χ3n) is 8.16. The Kier molecular flexibility index (Phi) is 9.74. The quantitative estimate of drug-likeness (QED) is 0.121. The lowest BCUT2D eigenvalue weighted by molar-refractivity contribution is -0.142. The Morgan fingerprint density at radius 2 is 1.60 bits per heavy atom. The van der Waals surface area contributed by atoms with Gasteiger partial charge in [0.15, 0.2) is 6.61 Å². The zero-order valence-electron chi connectivity index (χ0n) is 25.4. The number of rotatable bonds is 13. The van der Waals surface area contributed by atoms with E-state index in [0.29, 0.717) is 17.0 Å². The fourth-order valence-electron chi connectivity index (χ4n) is 5.68. The van der Waals surface area contributed by atoms with E-state index in [1.165, 1.54) is 60.3 Å². The maximum Gasteiger partial charge on any atom is 0.326 e. The summed E-state index contributed by atoms with van der Waals surface area (Å²) in [6.45, 7) is -0.416. The minimum absolute atomic E-state index is 0.0879. The van der Waals surface area contributed by atoms with Gasteiger partial charge in [-0.05, 0) is 71.3 Å². The number of aliphatic carboxylic acids is 1. The highest BCUT2D eigenvalue weighted by atomic mass is 32.2. The Hall–Kier alpha value is -5.20. The molecule has 12 heteroatoms. The number of aliphatic hydroxyl groups is 1. The van der Waals surface area contributed by atoms with Crippen LogP contribution in [0.2, 0.25) is 0 Å². The zero-order chi connectivity index (χ0) is 33.8. The topological polar surface area (TPSA) is 132 Å². The summed E-state index contributed by atoms with van der Waals surface area (Å²) >= 11 is 1.27. The van der Waals surface area contributed by atoms with E-state index in [4.69, 9.17) is 4.74 Å². The molecule has 2 amide bonds. The minimum atomic E-state index is -1.17. The first-order chi connectivity index (χ1) is 23.2. The predicted molar refractivity (Wildman–Crippen MR) is 178 cm³/mol. The van der Waals surface area contributed by atoms with Gasteiger partial charge in [-0.25, -0.2) is 13.6 Å². The number of ether oxygens (including phenoxy) is 1. The van der Waals surface area contributed by atoms with Crippen LogP contribution in [0, 0.1) is 11.6 Å². The van der Waals surface area contributed by atoms with E-state index in [2.05, 4.69) is 10.3 Å². The van der Waals surface area contributed by atoms with Crippen molar-refractivity contribution in [1.29, 1.82) is 0 Å². The molecule has 4 N–H and O–H groups in total. The van der Waals surface area contributed by atoms with Crippen LogP contribution < -0.4 is 15.0 Å². The van der Waals surface area contributed by atoms with Crippen LogP contribution in [0.25, 0.3) is 10.9 Å². The van der Waals surface area contributed by atoms with E-state index in [0.717, 1.165) is 22.0 Å². The van der Waals surface area contributed by atoms with Crippen molar-refractivity contribution in [3.05, 3.63) is 132 Å². The summed E-state index contributed by atoms with van der Waals surface area (Å²) in [7, 11) is 0. The van der Waals surface area contributed by atoms with Gasteiger partial charge < -0.3 is 30.2 Å². The lowest BCUT2D eigenvalue weighted by atomic mass is 9.92. The number of benzene rings is 4. The van der Waals surface area contributed by atoms with E-state index >= 15 is 0 Å². The molecule has 6 rings (SSSR count). The SMILES string of the molecule is O=C(COc1ccc(C2C(SCC(O)c3ccc(F)cc3)C(=O)N2c2ccc(F)cc2)cc1)N[C@@H](Cc1c[nH]c2ccccc12)C(=O)O. The number of hydrogen-bond donors (Lipinski definition) is 4. The number of thioether (sulfide) groups is 1. The highest BCUT2D eigenvalue weighted by Gasteiger charge is 2.49. The summed E-state index contributed by atoms with van der Waals surface area (Å²) < 4.78 is 32.6. The molecule has 1 fully saturated rings. The summed E-state index contributed by atoms with van der Waals surface area (Å²) in [5.41, 5.74) is 3.42. The van der Waals surface area contributed by atoms with Crippen LogP contribution in [0.1, 0.15) is 28.8 Å². The Balaban J connectivity index is 1.10. The van der Waals surface area contributed by atoms with Gasteiger partial charge in [0.1, 0.15) is 28.7 Å². The Morgan fingerprint density at radius 1 is 0.938 bits per heavy atom. The minimum Gasteiger partial charge on any atom is -0.484 e. The number of nitrogens with one attached hydrogen (secondary N) is 2. The van der Waals surface area contributed by atoms with Crippen LogP contribution in [0.4, 0.5) is 14.5 Å². The summed E-state index contributed by atoms with van der Waals surface area (Å²) in [6.07, 6.45) is 0.896. The van der Waals surface area contributed by atoms with Gasteiger partial charge in [-0.1, -0.05) is 42.5 Å². The molecule has 246 valence electrons. The molecule has 5 aromatic rings. The standard InChI is InChI=1S/C36H31F2N3O6S/c37-24-9-5-21(6-10-24)31(42)20-48-34-33(41(35(34)44)26-13-11-25(38)12-14-26)22-7-15-27(16-8-22)47-19-32(43)40-30(36(45)46)17-23-18-39-29-4-2-1-3-28(23)29/h1-16,18,30-31,33-34,39,42H,17,19-20H2,(H,40,43)(H,45,46)/t30-,31?,33?,34?/m0/s1. The Labute approximate surface area is 278 Å². The van der Waals surface area contributed by atoms with E-state index in [1.807, 2.05) is 24.3 Å². The lowest BCUT2D eigenvalue weighted by Crippen LogP contribution is -2.57. The normalized spacial score (nSPS) is 17.1. The van der Waals surface area contributed by atoms with Crippen molar-refractivity contribution in [1.82, 2.24) is 10.3 Å². The van der Waals surface area contributed by atoms with Crippen LogP contribution in [-0.2, 0) is 20.8 Å². The first-order valence-corrected chi connectivity index (χ1v) is 16.2. The number of H-pyrrole nitrogens is 1. The number of amides is 2. The molecular formula is C36H31F2N3O6S. The molecule has 3 unspecified atom stereocenters. The van der Waals surface area contributed by atoms with Gasteiger partial charge in [0.25, 0.3) is 5.91 Å². The maximum atomic E-state index is 13.7. The van der Waals surface area contributed by atoms with Gasteiger partial charge in [0.05, 0.1) is 12.1 Å². The van der Waals surface area contributed by atoms with Crippen molar-refractivity contribution in [3.63, 3.8) is 0 Å². The Bertz CT molecular complexity index is 1920. The van der Waals surface area contributed by atoms with Gasteiger partial charge in [0.2, 0.25) is 5.91 Å². The fraction of sp³-hybridized carbons (Fsp3) is 0.194. The van der Waals surface area contributed by atoms with Crippen LogP contribution in [-0.4, -0.2) is 56.6 Å². The molecule has 9 nitrogen and oxygen atoms in total. The molecule has 0 bridgehead atoms. The average Bonchev–Trinajstić information content (AvgIpc) is 3.50. The van der Waals surface area contributed by atoms with Crippen molar-refractivity contribution in [2.45, 2.75) is 29.9 Å². The third-order valence-corrected chi connectivity index (χ3v) is 9.49. The molecule has 1 aliphatic rings. The number of aromatic amines is 1. The summed E-state index contributed by atoms with van der Waals surface area (Å²) in [6, 6.07) is 23.8. The lowest BCUT2D eigenvalue weighted by Gasteiger charge is -2.47. The fourth-order valence-corrected chi connectivity index (χ4v) is 6.98. The molecule has 0 aliphatic carbocycles. The smallest absolute Gasteiger partial charge is 0.326 e. The van der Waals surface area contributed by atoms with Crippen molar-refractivity contribution in [2.24, 2.45) is 0 Å². The Morgan fingerprint density at radius 3 is 2.29 bits per heavy atom. The summed E-state index contributed by atoms with van der Waals surface area (Å²) in [4.78, 5) is 42.6. The number of fused-ring (bicyclic) bond motifs is 1. The molecule has 0 spiro atoms.